The normalized spacial score (nSPS) is 28.1. The van der Waals surface area contributed by atoms with Crippen LogP contribution in [-0.2, 0) is 16.1 Å². The van der Waals surface area contributed by atoms with Crippen molar-refractivity contribution in [2.45, 2.75) is 76.7 Å². The summed E-state index contributed by atoms with van der Waals surface area (Å²) in [5.41, 5.74) is 9.52. The van der Waals surface area contributed by atoms with E-state index in [9.17, 15) is 14.0 Å². The van der Waals surface area contributed by atoms with Crippen LogP contribution in [0.5, 0.6) is 5.75 Å². The average molecular weight is 567 g/mol. The molecule has 9 nitrogen and oxygen atoms in total. The predicted molar refractivity (Wildman–Crippen MR) is 154 cm³/mol. The molecule has 5 rings (SSSR count). The summed E-state index contributed by atoms with van der Waals surface area (Å²) in [7, 11) is 3.32. The molecule has 3 heterocycles. The molecule has 3 aliphatic rings. The van der Waals surface area contributed by atoms with E-state index in [-0.39, 0.29) is 48.2 Å². The Kier molecular flexibility index (Phi) is 9.21. The number of fused-ring (bicyclic) bond motifs is 1. The van der Waals surface area contributed by atoms with Crippen LogP contribution in [0, 0.1) is 24.6 Å². The SMILES string of the molecule is CCN(C)C(=O)[C@@H]1CC[C@@H](NC(=O)C2CCC3NNC(c4ccnc(C)c4)C3C2)CN1Cc1c(F)cccc1OC. The number of aromatic nitrogens is 1. The number of halogens is 1. The van der Waals surface area contributed by atoms with Crippen molar-refractivity contribution in [1.82, 2.24) is 31.0 Å². The summed E-state index contributed by atoms with van der Waals surface area (Å²) >= 11 is 0. The Morgan fingerprint density at radius 2 is 2.02 bits per heavy atom. The van der Waals surface area contributed by atoms with Crippen molar-refractivity contribution in [1.29, 1.82) is 0 Å². The second kappa shape index (κ2) is 12.8. The molecule has 0 radical (unpaired) electrons. The molecular weight excluding hydrogens is 523 g/mol. The summed E-state index contributed by atoms with van der Waals surface area (Å²) in [6.45, 7) is 5.23. The van der Waals surface area contributed by atoms with Crippen LogP contribution in [0.25, 0.3) is 0 Å². The number of pyridine rings is 1. The number of rotatable bonds is 8. The van der Waals surface area contributed by atoms with Gasteiger partial charge in [-0.25, -0.2) is 9.82 Å². The van der Waals surface area contributed by atoms with E-state index in [0.717, 1.165) is 25.0 Å². The van der Waals surface area contributed by atoms with Crippen molar-refractivity contribution in [2.24, 2.45) is 11.8 Å². The summed E-state index contributed by atoms with van der Waals surface area (Å²) in [4.78, 5) is 34.9. The number of hydrogen-bond acceptors (Lipinski definition) is 7. The highest BCUT2D eigenvalue weighted by atomic mass is 19.1. The molecule has 2 amide bonds. The second-order valence-electron chi connectivity index (χ2n) is 11.8. The first-order valence-electron chi connectivity index (χ1n) is 14.8. The molecule has 3 N–H and O–H groups in total. The molecule has 2 saturated heterocycles. The molecule has 1 aliphatic carbocycles. The predicted octanol–water partition coefficient (Wildman–Crippen LogP) is 3.10. The van der Waals surface area contributed by atoms with Gasteiger partial charge in [-0.05, 0) is 81.7 Å². The topological polar surface area (TPSA) is 98.8 Å². The molecule has 1 aromatic carbocycles. The van der Waals surface area contributed by atoms with E-state index < -0.39 is 0 Å². The van der Waals surface area contributed by atoms with Crippen molar-refractivity contribution >= 4 is 11.8 Å². The monoisotopic (exact) mass is 566 g/mol. The van der Waals surface area contributed by atoms with Gasteiger partial charge in [-0.2, -0.15) is 0 Å². The molecule has 2 aliphatic heterocycles. The van der Waals surface area contributed by atoms with Gasteiger partial charge in [0.15, 0.2) is 0 Å². The molecule has 10 heteroatoms. The van der Waals surface area contributed by atoms with E-state index >= 15 is 0 Å². The molecule has 1 saturated carbocycles. The van der Waals surface area contributed by atoms with Gasteiger partial charge < -0.3 is 15.0 Å². The van der Waals surface area contributed by atoms with Crippen LogP contribution < -0.4 is 20.9 Å². The van der Waals surface area contributed by atoms with Crippen LogP contribution in [-0.4, -0.2) is 72.0 Å². The average Bonchev–Trinajstić information content (AvgIpc) is 3.41. The van der Waals surface area contributed by atoms with Gasteiger partial charge in [-0.1, -0.05) is 6.07 Å². The third kappa shape index (κ3) is 6.39. The Balaban J connectivity index is 1.27. The number of piperidine rings is 1. The maximum Gasteiger partial charge on any atom is 0.239 e. The summed E-state index contributed by atoms with van der Waals surface area (Å²) in [5.74, 6) is 0.424. The van der Waals surface area contributed by atoms with E-state index in [1.54, 1.807) is 24.1 Å². The molecule has 222 valence electrons. The third-order valence-corrected chi connectivity index (χ3v) is 9.23. The van der Waals surface area contributed by atoms with Gasteiger partial charge in [0, 0.05) is 62.1 Å². The second-order valence-corrected chi connectivity index (χ2v) is 11.8. The van der Waals surface area contributed by atoms with E-state index in [1.807, 2.05) is 31.0 Å². The summed E-state index contributed by atoms with van der Waals surface area (Å²) in [6.07, 6.45) is 5.70. The van der Waals surface area contributed by atoms with Gasteiger partial charge >= 0.3 is 0 Å². The molecule has 41 heavy (non-hydrogen) atoms. The Morgan fingerprint density at radius 1 is 1.20 bits per heavy atom. The number of hydrazine groups is 1. The summed E-state index contributed by atoms with van der Waals surface area (Å²) in [5, 5.41) is 3.31. The quantitative estimate of drug-likeness (QED) is 0.452. The Hall–Kier alpha value is -3.08. The third-order valence-electron chi connectivity index (χ3n) is 9.23. The van der Waals surface area contributed by atoms with Crippen molar-refractivity contribution in [3.05, 3.63) is 59.2 Å². The first kappa shape index (κ1) is 29.4. The van der Waals surface area contributed by atoms with Crippen LogP contribution in [0.4, 0.5) is 4.39 Å². The van der Waals surface area contributed by atoms with Gasteiger partial charge in [0.2, 0.25) is 11.8 Å². The van der Waals surface area contributed by atoms with Crippen molar-refractivity contribution in [2.75, 3.05) is 27.2 Å². The van der Waals surface area contributed by atoms with Crippen LogP contribution in [0.3, 0.4) is 0 Å². The smallest absolute Gasteiger partial charge is 0.239 e. The minimum absolute atomic E-state index is 0.0181. The largest absolute Gasteiger partial charge is 0.496 e. The molecule has 0 spiro atoms. The number of benzene rings is 1. The zero-order valence-corrected chi connectivity index (χ0v) is 24.5. The zero-order valence-electron chi connectivity index (χ0n) is 24.5. The fourth-order valence-corrected chi connectivity index (χ4v) is 6.82. The molecular formula is C31H43FN6O3. The molecule has 3 fully saturated rings. The minimum Gasteiger partial charge on any atom is -0.496 e. The number of likely N-dealkylation sites (tertiary alicyclic amines) is 1. The van der Waals surface area contributed by atoms with E-state index in [2.05, 4.69) is 27.2 Å². The number of aryl methyl sites for hydroxylation is 1. The summed E-state index contributed by atoms with van der Waals surface area (Å²) < 4.78 is 20.3. The number of carbonyl (C=O) groups excluding carboxylic acids is 2. The van der Waals surface area contributed by atoms with Crippen LogP contribution in [0.1, 0.15) is 61.9 Å². The Morgan fingerprint density at radius 3 is 2.78 bits per heavy atom. The number of amides is 2. The maximum absolute atomic E-state index is 14.9. The van der Waals surface area contributed by atoms with Crippen LogP contribution in [0.2, 0.25) is 0 Å². The maximum atomic E-state index is 14.9. The highest BCUT2D eigenvalue weighted by molar-refractivity contribution is 5.82. The van der Waals surface area contributed by atoms with Gasteiger partial charge in [0.1, 0.15) is 11.6 Å². The lowest BCUT2D eigenvalue weighted by Crippen LogP contribution is -2.57. The molecule has 4 unspecified atom stereocenters. The Labute approximate surface area is 242 Å². The van der Waals surface area contributed by atoms with E-state index in [1.165, 1.54) is 18.7 Å². The fourth-order valence-electron chi connectivity index (χ4n) is 6.82. The molecule has 1 aromatic heterocycles. The lowest BCUT2D eigenvalue weighted by atomic mass is 9.74. The number of carbonyl (C=O) groups is 2. The van der Waals surface area contributed by atoms with Crippen LogP contribution in [0.15, 0.2) is 36.5 Å². The van der Waals surface area contributed by atoms with Gasteiger partial charge in [0.25, 0.3) is 0 Å². The number of ether oxygens (including phenoxy) is 1. The lowest BCUT2D eigenvalue weighted by molar-refractivity contribution is -0.137. The highest BCUT2D eigenvalue weighted by Crippen LogP contribution is 2.40. The number of nitrogens with one attached hydrogen (secondary N) is 3. The highest BCUT2D eigenvalue weighted by Gasteiger charge is 2.43. The van der Waals surface area contributed by atoms with Gasteiger partial charge in [-0.3, -0.25) is 24.9 Å². The van der Waals surface area contributed by atoms with Gasteiger partial charge in [0.05, 0.1) is 19.2 Å². The van der Waals surface area contributed by atoms with Gasteiger partial charge in [-0.15, -0.1) is 0 Å². The van der Waals surface area contributed by atoms with E-state index in [4.69, 9.17) is 4.74 Å². The number of likely N-dealkylation sites (N-methyl/N-ethyl adjacent to an activating group) is 1. The zero-order chi connectivity index (χ0) is 29.1. The molecule has 0 bridgehead atoms. The first-order valence-corrected chi connectivity index (χ1v) is 14.8. The number of nitrogens with zero attached hydrogens (tertiary/aromatic N) is 3. The van der Waals surface area contributed by atoms with Crippen molar-refractivity contribution < 1.29 is 18.7 Å². The fraction of sp³-hybridized carbons (Fsp3) is 0.581. The number of methoxy groups -OCH3 is 1. The minimum atomic E-state index is -0.381. The first-order chi connectivity index (χ1) is 19.8. The van der Waals surface area contributed by atoms with Crippen molar-refractivity contribution in [3.63, 3.8) is 0 Å². The number of hydrogen-bond donors (Lipinski definition) is 3. The summed E-state index contributed by atoms with van der Waals surface area (Å²) in [6, 6.07) is 8.91. The standard InChI is InChI=1S/C31H43FN6O3/c1-5-37(3)31(40)27-12-10-22(17-38(27)18-24-25(32)7-6-8-28(24)41-4)34-30(39)21-9-11-26-23(16-21)29(36-35-26)20-13-14-33-19(2)15-20/h6-8,13-15,21-23,26-27,29,35-36H,5,9-12,16-18H2,1-4H3,(H,34,39)/t21?,22-,23?,26?,27+,29?/m1/s1. The molecule has 6 atom stereocenters. The van der Waals surface area contributed by atoms with Crippen LogP contribution >= 0.6 is 0 Å². The van der Waals surface area contributed by atoms with E-state index in [0.29, 0.717) is 49.2 Å². The molecule has 2 aromatic rings. The van der Waals surface area contributed by atoms with Crippen molar-refractivity contribution in [3.8, 4) is 5.75 Å². The Bertz CT molecular complexity index is 1240. The lowest BCUT2D eigenvalue weighted by Gasteiger charge is -2.41.